The Balaban J connectivity index is 1.20. The molecular formula is C25H26F2N2O5. The molecule has 0 radical (unpaired) electrons. The predicted molar refractivity (Wildman–Crippen MR) is 118 cm³/mol. The molecule has 34 heavy (non-hydrogen) atoms. The van der Waals surface area contributed by atoms with Crippen molar-refractivity contribution in [3.63, 3.8) is 0 Å². The number of alkyl carbamates (subject to hydrolysis) is 1. The SMILES string of the molecule is CC1(NC(=O)O[C@@H]2CN3CCC2CC3)CCOc2cc(-c3ccc4c(c3)OC(F)(F)O4)ccc21. The molecule has 0 aromatic heterocycles. The van der Waals surface area contributed by atoms with Gasteiger partial charge in [0.25, 0.3) is 0 Å². The molecule has 5 aliphatic rings. The number of carbonyl (C=O) groups excluding carboxylic acids is 1. The standard InChI is InChI=1S/C25H26F2N2O5/c1-24(28-23(30)32-22-14-29-9-6-15(22)7-10-29)8-11-31-20-12-16(2-4-18(20)24)17-3-5-19-21(13-17)34-25(26,27)33-19/h2-5,12-13,15,22H,6-11,14H2,1H3,(H,28,30)/t22-,24?/m1/s1. The van der Waals surface area contributed by atoms with Crippen LogP contribution in [0.15, 0.2) is 36.4 Å². The molecule has 7 rings (SSSR count). The van der Waals surface area contributed by atoms with Crippen molar-refractivity contribution in [3.8, 4) is 28.4 Å². The molecule has 1 N–H and O–H groups in total. The van der Waals surface area contributed by atoms with Crippen molar-refractivity contribution in [1.82, 2.24) is 10.2 Å². The van der Waals surface area contributed by atoms with Crippen LogP contribution in [-0.2, 0) is 10.3 Å². The number of alkyl halides is 2. The molecule has 7 nitrogen and oxygen atoms in total. The lowest BCUT2D eigenvalue weighted by Crippen LogP contribution is -2.54. The maximum Gasteiger partial charge on any atom is 0.586 e. The van der Waals surface area contributed by atoms with Crippen LogP contribution in [0.1, 0.15) is 31.7 Å². The third-order valence-corrected chi connectivity index (χ3v) is 7.40. The number of ether oxygens (including phenoxy) is 4. The van der Waals surface area contributed by atoms with E-state index in [1.165, 1.54) is 12.1 Å². The van der Waals surface area contributed by atoms with E-state index in [0.29, 0.717) is 30.3 Å². The Hall–Kier alpha value is -3.07. The first-order valence-electron chi connectivity index (χ1n) is 11.7. The molecule has 3 saturated heterocycles. The number of nitrogens with zero attached hydrogens (tertiary/aromatic N) is 1. The van der Waals surface area contributed by atoms with Crippen LogP contribution < -0.4 is 19.5 Å². The molecule has 180 valence electrons. The summed E-state index contributed by atoms with van der Waals surface area (Å²) in [7, 11) is 0. The van der Waals surface area contributed by atoms with E-state index >= 15 is 0 Å². The normalized spacial score (nSPS) is 30.3. The zero-order valence-corrected chi connectivity index (χ0v) is 18.8. The Bertz CT molecular complexity index is 1130. The number of hydrogen-bond donors (Lipinski definition) is 1. The molecule has 5 heterocycles. The fourth-order valence-electron chi connectivity index (χ4n) is 5.47. The smallest absolute Gasteiger partial charge is 0.493 e. The van der Waals surface area contributed by atoms with E-state index in [1.807, 2.05) is 25.1 Å². The molecular weight excluding hydrogens is 446 g/mol. The van der Waals surface area contributed by atoms with Gasteiger partial charge in [0, 0.05) is 18.5 Å². The molecule has 1 unspecified atom stereocenters. The third-order valence-electron chi connectivity index (χ3n) is 7.40. The molecule has 1 amide bonds. The van der Waals surface area contributed by atoms with E-state index in [1.54, 1.807) is 6.07 Å². The summed E-state index contributed by atoms with van der Waals surface area (Å²) in [5.74, 6) is 1.07. The molecule has 0 spiro atoms. The highest BCUT2D eigenvalue weighted by Gasteiger charge is 2.43. The minimum atomic E-state index is -3.66. The van der Waals surface area contributed by atoms with E-state index in [4.69, 9.17) is 9.47 Å². The molecule has 2 bridgehead atoms. The average molecular weight is 472 g/mol. The van der Waals surface area contributed by atoms with E-state index < -0.39 is 17.9 Å². The van der Waals surface area contributed by atoms with Crippen LogP contribution in [0, 0.1) is 5.92 Å². The van der Waals surface area contributed by atoms with Gasteiger partial charge in [0.15, 0.2) is 11.5 Å². The van der Waals surface area contributed by atoms with Gasteiger partial charge in [-0.25, -0.2) is 4.79 Å². The van der Waals surface area contributed by atoms with Gasteiger partial charge in [-0.05, 0) is 68.1 Å². The Morgan fingerprint density at radius 1 is 1.06 bits per heavy atom. The topological polar surface area (TPSA) is 69.3 Å². The van der Waals surface area contributed by atoms with Gasteiger partial charge in [-0.2, -0.15) is 0 Å². The van der Waals surface area contributed by atoms with Crippen molar-refractivity contribution >= 4 is 6.09 Å². The van der Waals surface area contributed by atoms with Gasteiger partial charge >= 0.3 is 12.4 Å². The monoisotopic (exact) mass is 472 g/mol. The minimum Gasteiger partial charge on any atom is -0.493 e. The van der Waals surface area contributed by atoms with Crippen molar-refractivity contribution in [3.05, 3.63) is 42.0 Å². The fourth-order valence-corrected chi connectivity index (χ4v) is 5.47. The molecule has 2 atom stereocenters. The van der Waals surface area contributed by atoms with Gasteiger partial charge < -0.3 is 24.3 Å². The maximum absolute atomic E-state index is 13.4. The summed E-state index contributed by atoms with van der Waals surface area (Å²) in [6.45, 7) is 5.37. The number of benzene rings is 2. The van der Waals surface area contributed by atoms with Crippen LogP contribution in [0.25, 0.3) is 11.1 Å². The van der Waals surface area contributed by atoms with E-state index in [9.17, 15) is 13.6 Å². The highest BCUT2D eigenvalue weighted by Crippen LogP contribution is 2.44. The minimum absolute atomic E-state index is 0.00114. The number of piperidine rings is 3. The van der Waals surface area contributed by atoms with Crippen LogP contribution in [0.2, 0.25) is 0 Å². The van der Waals surface area contributed by atoms with Gasteiger partial charge in [0.05, 0.1) is 12.1 Å². The first kappa shape index (κ1) is 21.5. The molecule has 3 fully saturated rings. The summed E-state index contributed by atoms with van der Waals surface area (Å²) in [4.78, 5) is 15.2. The fraction of sp³-hybridized carbons (Fsp3) is 0.480. The van der Waals surface area contributed by atoms with Crippen LogP contribution in [0.5, 0.6) is 17.2 Å². The average Bonchev–Trinajstić information content (AvgIpc) is 3.12. The highest BCUT2D eigenvalue weighted by atomic mass is 19.3. The second-order valence-electron chi connectivity index (χ2n) is 9.68. The lowest BCUT2D eigenvalue weighted by Gasteiger charge is -2.44. The molecule has 2 aromatic rings. The van der Waals surface area contributed by atoms with Crippen LogP contribution >= 0.6 is 0 Å². The van der Waals surface area contributed by atoms with Crippen molar-refractivity contribution in [1.29, 1.82) is 0 Å². The first-order chi connectivity index (χ1) is 16.3. The second kappa shape index (κ2) is 7.73. The number of rotatable bonds is 3. The molecule has 5 aliphatic heterocycles. The van der Waals surface area contributed by atoms with Crippen molar-refractivity contribution < 1.29 is 32.5 Å². The summed E-state index contributed by atoms with van der Waals surface area (Å²) < 4.78 is 47.5. The Labute approximate surface area is 195 Å². The van der Waals surface area contributed by atoms with E-state index in [2.05, 4.69) is 19.7 Å². The van der Waals surface area contributed by atoms with Crippen molar-refractivity contribution in [2.75, 3.05) is 26.2 Å². The van der Waals surface area contributed by atoms with Gasteiger partial charge in [0.1, 0.15) is 11.9 Å². The number of hydrogen-bond acceptors (Lipinski definition) is 6. The van der Waals surface area contributed by atoms with E-state index in [-0.39, 0.29) is 17.6 Å². The molecule has 0 saturated carbocycles. The van der Waals surface area contributed by atoms with Crippen molar-refractivity contribution in [2.24, 2.45) is 5.92 Å². The second-order valence-corrected chi connectivity index (χ2v) is 9.68. The number of carbonyl (C=O) groups is 1. The van der Waals surface area contributed by atoms with Gasteiger partial charge in [-0.15, -0.1) is 8.78 Å². The van der Waals surface area contributed by atoms with Crippen LogP contribution in [-0.4, -0.2) is 49.6 Å². The number of nitrogens with one attached hydrogen (secondary N) is 1. The summed E-state index contributed by atoms with van der Waals surface area (Å²) in [6.07, 6.45) is -1.37. The Morgan fingerprint density at radius 2 is 1.76 bits per heavy atom. The third kappa shape index (κ3) is 3.81. The first-order valence-corrected chi connectivity index (χ1v) is 11.7. The lowest BCUT2D eigenvalue weighted by molar-refractivity contribution is -0.286. The Morgan fingerprint density at radius 3 is 2.50 bits per heavy atom. The van der Waals surface area contributed by atoms with Crippen molar-refractivity contribution in [2.45, 2.75) is 44.1 Å². The number of halogens is 2. The summed E-state index contributed by atoms with van der Waals surface area (Å²) >= 11 is 0. The van der Waals surface area contributed by atoms with Gasteiger partial charge in [-0.1, -0.05) is 18.2 Å². The largest absolute Gasteiger partial charge is 0.586 e. The predicted octanol–water partition coefficient (Wildman–Crippen LogP) is 4.49. The van der Waals surface area contributed by atoms with E-state index in [0.717, 1.165) is 43.6 Å². The quantitative estimate of drug-likeness (QED) is 0.710. The molecule has 9 heteroatoms. The van der Waals surface area contributed by atoms with Crippen LogP contribution in [0.4, 0.5) is 13.6 Å². The highest BCUT2D eigenvalue weighted by molar-refractivity contribution is 5.72. The number of fused-ring (bicyclic) bond motifs is 5. The molecule has 0 aliphatic carbocycles. The van der Waals surface area contributed by atoms with Gasteiger partial charge in [0.2, 0.25) is 0 Å². The Kier molecular flexibility index (Phi) is 4.88. The number of amides is 1. The maximum atomic E-state index is 13.4. The zero-order chi connectivity index (χ0) is 23.5. The summed E-state index contributed by atoms with van der Waals surface area (Å²) in [5.41, 5.74) is 1.67. The molecule has 2 aromatic carbocycles. The summed E-state index contributed by atoms with van der Waals surface area (Å²) in [5, 5.41) is 3.08. The van der Waals surface area contributed by atoms with Crippen LogP contribution in [0.3, 0.4) is 0 Å². The lowest BCUT2D eigenvalue weighted by atomic mass is 9.85. The van der Waals surface area contributed by atoms with Gasteiger partial charge in [-0.3, -0.25) is 4.90 Å². The zero-order valence-electron chi connectivity index (χ0n) is 18.8. The summed E-state index contributed by atoms with van der Waals surface area (Å²) in [6, 6.07) is 10.3.